The molecule has 2 radical (unpaired) electrons. The maximum atomic E-state index is 11.2. The van der Waals surface area contributed by atoms with Crippen molar-refractivity contribution >= 4 is 26.1 Å². The highest BCUT2D eigenvalue weighted by molar-refractivity contribution is 6.58. The van der Waals surface area contributed by atoms with Gasteiger partial charge in [-0.1, -0.05) is 59.8 Å². The molecule has 0 N–H and O–H groups in total. The van der Waals surface area contributed by atoms with Crippen LogP contribution in [-0.4, -0.2) is 19.4 Å². The second-order valence-electron chi connectivity index (χ2n) is 6.32. The standard InChI is InChI=1S/C22H18N2O6Si/c25-23(26)20-12-6-4-8-17(20)14-29-22(16-31-19-10-2-1-3-11-19)30-15-18-9-5-7-13-21(18)24(27)28/h1-13,16H,14-15H2. The Balaban J connectivity index is 1.77. The van der Waals surface area contributed by atoms with Gasteiger partial charge in [-0.2, -0.15) is 0 Å². The highest BCUT2D eigenvalue weighted by Crippen LogP contribution is 2.22. The van der Waals surface area contributed by atoms with Crippen LogP contribution >= 0.6 is 0 Å². The molecule has 8 nitrogen and oxygen atoms in total. The lowest BCUT2D eigenvalue weighted by Crippen LogP contribution is -2.13. The zero-order valence-corrected chi connectivity index (χ0v) is 17.3. The Labute approximate surface area is 180 Å². The van der Waals surface area contributed by atoms with Crippen LogP contribution in [0.15, 0.2) is 90.5 Å². The van der Waals surface area contributed by atoms with Gasteiger partial charge in [-0.05, 0) is 17.8 Å². The summed E-state index contributed by atoms with van der Waals surface area (Å²) in [5.74, 6) is 0.151. The Kier molecular flexibility index (Phi) is 7.49. The summed E-state index contributed by atoms with van der Waals surface area (Å²) < 4.78 is 11.5. The first-order chi connectivity index (χ1) is 15.0. The molecule has 0 aliphatic heterocycles. The second-order valence-corrected chi connectivity index (χ2v) is 7.48. The maximum Gasteiger partial charge on any atom is 0.276 e. The van der Waals surface area contributed by atoms with Crippen LogP contribution in [0.3, 0.4) is 0 Å². The molecule has 0 fully saturated rings. The van der Waals surface area contributed by atoms with Crippen molar-refractivity contribution in [3.8, 4) is 0 Å². The molecule has 0 bridgehead atoms. The average molecular weight is 434 g/mol. The van der Waals surface area contributed by atoms with Crippen LogP contribution in [0.5, 0.6) is 0 Å². The third-order valence-electron chi connectivity index (χ3n) is 4.25. The molecule has 0 unspecified atom stereocenters. The molecule has 9 heteroatoms. The van der Waals surface area contributed by atoms with E-state index < -0.39 is 9.85 Å². The largest absolute Gasteiger partial charge is 0.461 e. The molecule has 0 saturated carbocycles. The number of nitro benzene ring substituents is 2. The minimum absolute atomic E-state index is 0.0499. The molecule has 0 heterocycles. The molecule has 0 atom stereocenters. The molecular weight excluding hydrogens is 416 g/mol. The molecular formula is C22H18N2O6Si. The fraction of sp³-hybridized carbons (Fsp3) is 0.0909. The van der Waals surface area contributed by atoms with Crippen LogP contribution in [0.2, 0.25) is 0 Å². The molecule has 0 saturated heterocycles. The van der Waals surface area contributed by atoms with Crippen LogP contribution in [0, 0.1) is 20.2 Å². The van der Waals surface area contributed by atoms with Gasteiger partial charge in [0.2, 0.25) is 0 Å². The first-order valence-electron chi connectivity index (χ1n) is 9.26. The molecule has 3 rings (SSSR count). The number of para-hydroxylation sites is 2. The fourth-order valence-corrected chi connectivity index (χ4v) is 3.56. The summed E-state index contributed by atoms with van der Waals surface area (Å²) in [6, 6.07) is 22.2. The summed E-state index contributed by atoms with van der Waals surface area (Å²) in [4.78, 5) is 21.5. The van der Waals surface area contributed by atoms with Crippen molar-refractivity contribution in [2.24, 2.45) is 0 Å². The van der Waals surface area contributed by atoms with Gasteiger partial charge in [0.05, 0.1) is 21.0 Å². The molecule has 0 aliphatic rings. The Morgan fingerprint density at radius 1 is 0.742 bits per heavy atom. The Bertz CT molecular complexity index is 1020. The van der Waals surface area contributed by atoms with Gasteiger partial charge in [0.15, 0.2) is 0 Å². The van der Waals surface area contributed by atoms with Crippen molar-refractivity contribution in [3.63, 3.8) is 0 Å². The molecule has 3 aromatic rings. The van der Waals surface area contributed by atoms with E-state index in [0.29, 0.717) is 11.1 Å². The number of nitrogens with zero attached hydrogens (tertiary/aromatic N) is 2. The van der Waals surface area contributed by atoms with Crippen molar-refractivity contribution < 1.29 is 19.3 Å². The average Bonchev–Trinajstić information content (AvgIpc) is 2.79. The second kappa shape index (κ2) is 10.7. The topological polar surface area (TPSA) is 105 Å². The lowest BCUT2D eigenvalue weighted by atomic mass is 10.2. The molecule has 0 aliphatic carbocycles. The smallest absolute Gasteiger partial charge is 0.276 e. The van der Waals surface area contributed by atoms with E-state index in [0.717, 1.165) is 5.19 Å². The van der Waals surface area contributed by atoms with E-state index in [2.05, 4.69) is 0 Å². The summed E-state index contributed by atoms with van der Waals surface area (Å²) in [5, 5.41) is 23.5. The van der Waals surface area contributed by atoms with Crippen molar-refractivity contribution in [1.82, 2.24) is 0 Å². The number of rotatable bonds is 10. The zero-order valence-electron chi connectivity index (χ0n) is 16.3. The Morgan fingerprint density at radius 3 is 1.68 bits per heavy atom. The van der Waals surface area contributed by atoms with E-state index in [1.54, 1.807) is 42.1 Å². The monoisotopic (exact) mass is 434 g/mol. The molecule has 0 amide bonds. The Morgan fingerprint density at radius 2 is 1.19 bits per heavy atom. The van der Waals surface area contributed by atoms with Crippen molar-refractivity contribution in [2.45, 2.75) is 13.2 Å². The lowest BCUT2D eigenvalue weighted by molar-refractivity contribution is -0.386. The van der Waals surface area contributed by atoms with E-state index in [-0.39, 0.29) is 40.1 Å². The lowest BCUT2D eigenvalue weighted by Gasteiger charge is -2.13. The highest BCUT2D eigenvalue weighted by atomic mass is 28.2. The minimum atomic E-state index is -0.470. The molecule has 156 valence electrons. The normalized spacial score (nSPS) is 10.2. The van der Waals surface area contributed by atoms with Crippen molar-refractivity contribution in [2.75, 3.05) is 0 Å². The van der Waals surface area contributed by atoms with Crippen molar-refractivity contribution in [1.29, 1.82) is 0 Å². The van der Waals surface area contributed by atoms with E-state index >= 15 is 0 Å². The van der Waals surface area contributed by atoms with Crippen LogP contribution in [-0.2, 0) is 22.7 Å². The predicted octanol–water partition coefficient (Wildman–Crippen LogP) is 4.07. The van der Waals surface area contributed by atoms with Gasteiger partial charge in [-0.3, -0.25) is 20.2 Å². The first kappa shape index (κ1) is 21.7. The van der Waals surface area contributed by atoms with Gasteiger partial charge in [0, 0.05) is 12.1 Å². The van der Waals surface area contributed by atoms with Gasteiger partial charge in [0.25, 0.3) is 17.3 Å². The van der Waals surface area contributed by atoms with Crippen LogP contribution < -0.4 is 5.19 Å². The summed E-state index contributed by atoms with van der Waals surface area (Å²) in [6.45, 7) is -0.141. The van der Waals surface area contributed by atoms with Gasteiger partial charge >= 0.3 is 0 Å². The summed E-state index contributed by atoms with van der Waals surface area (Å²) in [6.07, 6.45) is 0. The Hall–Kier alpha value is -3.98. The number of hydrogen-bond acceptors (Lipinski definition) is 6. The van der Waals surface area contributed by atoms with E-state index in [1.165, 1.54) is 12.1 Å². The number of benzene rings is 3. The van der Waals surface area contributed by atoms with Gasteiger partial charge in [-0.25, -0.2) is 0 Å². The molecule has 0 aromatic heterocycles. The van der Waals surface area contributed by atoms with Crippen molar-refractivity contribution in [3.05, 3.63) is 122 Å². The zero-order chi connectivity index (χ0) is 22.1. The van der Waals surface area contributed by atoms with Crippen LogP contribution in [0.1, 0.15) is 11.1 Å². The first-order valence-corrected chi connectivity index (χ1v) is 10.3. The van der Waals surface area contributed by atoms with E-state index in [4.69, 9.17) is 9.47 Å². The van der Waals surface area contributed by atoms with Crippen LogP contribution in [0.25, 0.3) is 0 Å². The van der Waals surface area contributed by atoms with E-state index in [1.807, 2.05) is 30.3 Å². The highest BCUT2D eigenvalue weighted by Gasteiger charge is 2.16. The molecule has 0 spiro atoms. The SMILES string of the molecule is O=[N+]([O-])c1ccccc1COC(=C[Si]c1ccccc1)OCc1ccccc1[N+](=O)[O-]. The van der Waals surface area contributed by atoms with Crippen LogP contribution in [0.4, 0.5) is 11.4 Å². The maximum absolute atomic E-state index is 11.2. The number of nitro groups is 2. The third kappa shape index (κ3) is 6.25. The summed E-state index contributed by atoms with van der Waals surface area (Å²) in [7, 11) is 0.225. The number of hydrogen-bond donors (Lipinski definition) is 0. The fourth-order valence-electron chi connectivity index (χ4n) is 2.72. The summed E-state index contributed by atoms with van der Waals surface area (Å²) in [5.41, 5.74) is 2.43. The molecule has 31 heavy (non-hydrogen) atoms. The minimum Gasteiger partial charge on any atom is -0.461 e. The summed E-state index contributed by atoms with van der Waals surface area (Å²) >= 11 is 0. The quantitative estimate of drug-likeness (QED) is 0.206. The van der Waals surface area contributed by atoms with Gasteiger partial charge in [-0.15, -0.1) is 0 Å². The third-order valence-corrected chi connectivity index (χ3v) is 5.29. The van der Waals surface area contributed by atoms with E-state index in [9.17, 15) is 20.2 Å². The van der Waals surface area contributed by atoms with Gasteiger partial charge in [0.1, 0.15) is 22.7 Å². The number of ether oxygens (including phenoxy) is 2. The molecule has 3 aromatic carbocycles. The predicted molar refractivity (Wildman–Crippen MR) is 116 cm³/mol. The van der Waals surface area contributed by atoms with Gasteiger partial charge < -0.3 is 9.47 Å².